The van der Waals surface area contributed by atoms with Crippen LogP contribution in [0.2, 0.25) is 10.0 Å². The van der Waals surface area contributed by atoms with Crippen LogP contribution < -0.4 is 10.6 Å². The summed E-state index contributed by atoms with van der Waals surface area (Å²) >= 11 is 12.1. The van der Waals surface area contributed by atoms with E-state index in [0.717, 1.165) is 43.1 Å². The lowest BCUT2D eigenvalue weighted by Crippen LogP contribution is -2.37. The van der Waals surface area contributed by atoms with Crippen LogP contribution in [0.5, 0.6) is 0 Å². The number of hydrogen-bond acceptors (Lipinski definition) is 3. The highest BCUT2D eigenvalue weighted by atomic mass is 35.5. The highest BCUT2D eigenvalue weighted by Crippen LogP contribution is 2.21. The molecule has 1 aromatic carbocycles. The number of nitrogens with one attached hydrogen (secondary N) is 2. The molecule has 0 aliphatic carbocycles. The van der Waals surface area contributed by atoms with Gasteiger partial charge < -0.3 is 15.2 Å². The molecule has 2 aromatic rings. The van der Waals surface area contributed by atoms with E-state index in [4.69, 9.17) is 27.7 Å². The summed E-state index contributed by atoms with van der Waals surface area (Å²) in [5.74, 6) is 0.762. The lowest BCUT2D eigenvalue weighted by atomic mass is 10.1. The molecule has 0 bridgehead atoms. The number of aryl methyl sites for hydroxylation is 1. The Morgan fingerprint density at radius 2 is 2.13 bits per heavy atom. The minimum atomic E-state index is 0.481. The van der Waals surface area contributed by atoms with Gasteiger partial charge >= 0.3 is 0 Å². The highest BCUT2D eigenvalue weighted by Gasteiger charge is 2.02. The van der Waals surface area contributed by atoms with Gasteiger partial charge in [0.25, 0.3) is 0 Å². The normalized spacial score (nSPS) is 11.5. The zero-order chi connectivity index (χ0) is 16.5. The largest absolute Gasteiger partial charge is 0.364 e. The van der Waals surface area contributed by atoms with Crippen LogP contribution in [0.25, 0.3) is 0 Å². The maximum atomic E-state index is 6.17. The van der Waals surface area contributed by atoms with E-state index < -0.39 is 0 Å². The van der Waals surface area contributed by atoms with E-state index in [1.807, 2.05) is 19.1 Å². The summed E-state index contributed by atoms with van der Waals surface area (Å²) in [6, 6.07) is 7.40. The molecule has 0 unspecified atom stereocenters. The van der Waals surface area contributed by atoms with E-state index in [0.29, 0.717) is 16.6 Å². The third kappa shape index (κ3) is 6.12. The number of guanidine groups is 1. The third-order valence-corrected chi connectivity index (χ3v) is 3.75. The van der Waals surface area contributed by atoms with Crippen molar-refractivity contribution in [1.82, 2.24) is 15.8 Å². The first-order chi connectivity index (χ1) is 11.2. The molecular formula is C16H20Cl2N4O. The summed E-state index contributed by atoms with van der Waals surface area (Å²) in [6.45, 7) is 4.10. The fourth-order valence-electron chi connectivity index (χ4n) is 2.03. The molecule has 2 N–H and O–H groups in total. The maximum absolute atomic E-state index is 6.17. The molecule has 0 fully saturated rings. The quantitative estimate of drug-likeness (QED) is 0.452. The average Bonchev–Trinajstić information content (AvgIpc) is 3.04. The smallest absolute Gasteiger partial charge is 0.191 e. The van der Waals surface area contributed by atoms with E-state index in [2.05, 4.69) is 20.8 Å². The second-order valence-electron chi connectivity index (χ2n) is 4.95. The number of hydrogen-bond donors (Lipinski definition) is 2. The van der Waals surface area contributed by atoms with Crippen LogP contribution in [0.15, 0.2) is 40.0 Å². The van der Waals surface area contributed by atoms with Crippen molar-refractivity contribution in [2.24, 2.45) is 4.99 Å². The molecule has 0 saturated heterocycles. The molecule has 1 heterocycles. The molecule has 0 saturated carbocycles. The Kier molecular flexibility index (Phi) is 7.23. The molecular weight excluding hydrogens is 335 g/mol. The molecule has 124 valence electrons. The first-order valence-corrected chi connectivity index (χ1v) is 8.30. The number of halogens is 2. The number of rotatable bonds is 7. The lowest BCUT2D eigenvalue weighted by Gasteiger charge is -2.11. The molecule has 0 spiro atoms. The summed E-state index contributed by atoms with van der Waals surface area (Å²) in [5.41, 5.74) is 1.90. The zero-order valence-electron chi connectivity index (χ0n) is 13.0. The van der Waals surface area contributed by atoms with Crippen LogP contribution in [0, 0.1) is 0 Å². The first-order valence-electron chi connectivity index (χ1n) is 7.54. The van der Waals surface area contributed by atoms with E-state index in [1.54, 1.807) is 18.4 Å². The Morgan fingerprint density at radius 1 is 1.26 bits per heavy atom. The van der Waals surface area contributed by atoms with Crippen LogP contribution in [-0.2, 0) is 13.0 Å². The fraction of sp³-hybridized carbons (Fsp3) is 0.375. The standard InChI is InChI=1S/C16H20Cl2N4O/c1-2-19-16(21-11-14-7-9-23-22-14)20-8-3-4-12-5-6-13(17)10-15(12)18/h5-7,9-10H,2-4,8,11H2,1H3,(H2,19,20,21). The van der Waals surface area contributed by atoms with Crippen molar-refractivity contribution in [2.75, 3.05) is 13.1 Å². The minimum Gasteiger partial charge on any atom is -0.364 e. The molecule has 0 radical (unpaired) electrons. The van der Waals surface area contributed by atoms with Crippen molar-refractivity contribution in [1.29, 1.82) is 0 Å². The van der Waals surface area contributed by atoms with Gasteiger partial charge in [-0.05, 0) is 37.5 Å². The molecule has 7 heteroatoms. The molecule has 0 aliphatic heterocycles. The van der Waals surface area contributed by atoms with Gasteiger partial charge in [-0.1, -0.05) is 34.4 Å². The van der Waals surface area contributed by atoms with E-state index in [1.165, 1.54) is 0 Å². The van der Waals surface area contributed by atoms with Crippen molar-refractivity contribution < 1.29 is 4.52 Å². The molecule has 0 atom stereocenters. The predicted octanol–water partition coefficient (Wildman–Crippen LogP) is 3.67. The predicted molar refractivity (Wildman–Crippen MR) is 94.1 cm³/mol. The van der Waals surface area contributed by atoms with Gasteiger partial charge in [-0.2, -0.15) is 0 Å². The van der Waals surface area contributed by atoms with Crippen molar-refractivity contribution >= 4 is 29.2 Å². The first kappa shape index (κ1) is 17.6. The molecule has 0 amide bonds. The topological polar surface area (TPSA) is 62.5 Å². The Bertz CT molecular complexity index is 629. The van der Waals surface area contributed by atoms with Crippen molar-refractivity contribution in [3.05, 3.63) is 51.8 Å². The Hall–Kier alpha value is -1.72. The van der Waals surface area contributed by atoms with Crippen molar-refractivity contribution in [3.8, 4) is 0 Å². The fourth-order valence-corrected chi connectivity index (χ4v) is 2.53. The van der Waals surface area contributed by atoms with Gasteiger partial charge in [-0.15, -0.1) is 0 Å². The number of aliphatic imine (C=N–C) groups is 1. The molecule has 1 aromatic heterocycles. The summed E-state index contributed by atoms with van der Waals surface area (Å²) in [7, 11) is 0. The van der Waals surface area contributed by atoms with Gasteiger partial charge in [0.2, 0.25) is 0 Å². The summed E-state index contributed by atoms with van der Waals surface area (Å²) in [5, 5.41) is 11.7. The van der Waals surface area contributed by atoms with Crippen LogP contribution in [0.4, 0.5) is 0 Å². The number of nitrogens with zero attached hydrogens (tertiary/aromatic N) is 2. The summed E-state index contributed by atoms with van der Waals surface area (Å²) < 4.78 is 4.79. The highest BCUT2D eigenvalue weighted by molar-refractivity contribution is 6.35. The van der Waals surface area contributed by atoms with Gasteiger partial charge in [-0.3, -0.25) is 0 Å². The van der Waals surface area contributed by atoms with Crippen LogP contribution in [-0.4, -0.2) is 24.2 Å². The average molecular weight is 355 g/mol. The van der Waals surface area contributed by atoms with Crippen LogP contribution in [0.1, 0.15) is 24.6 Å². The number of aromatic nitrogens is 1. The lowest BCUT2D eigenvalue weighted by molar-refractivity contribution is 0.412. The number of benzene rings is 1. The van der Waals surface area contributed by atoms with Gasteiger partial charge in [0.1, 0.15) is 12.0 Å². The van der Waals surface area contributed by atoms with Gasteiger partial charge in [0.05, 0.1) is 6.54 Å². The van der Waals surface area contributed by atoms with Gasteiger partial charge in [0, 0.05) is 29.2 Å². The second kappa shape index (κ2) is 9.43. The minimum absolute atomic E-state index is 0.481. The summed E-state index contributed by atoms with van der Waals surface area (Å²) in [6.07, 6.45) is 3.36. The van der Waals surface area contributed by atoms with Gasteiger partial charge in [-0.25, -0.2) is 4.99 Å². The van der Waals surface area contributed by atoms with E-state index >= 15 is 0 Å². The Balaban J connectivity index is 1.78. The molecule has 23 heavy (non-hydrogen) atoms. The maximum Gasteiger partial charge on any atom is 0.191 e. The molecule has 5 nitrogen and oxygen atoms in total. The van der Waals surface area contributed by atoms with E-state index in [9.17, 15) is 0 Å². The van der Waals surface area contributed by atoms with Crippen molar-refractivity contribution in [2.45, 2.75) is 26.3 Å². The van der Waals surface area contributed by atoms with Crippen LogP contribution in [0.3, 0.4) is 0 Å². The molecule has 0 aliphatic rings. The Morgan fingerprint density at radius 3 is 2.83 bits per heavy atom. The van der Waals surface area contributed by atoms with Gasteiger partial charge in [0.15, 0.2) is 5.96 Å². The third-order valence-electron chi connectivity index (χ3n) is 3.17. The van der Waals surface area contributed by atoms with Crippen LogP contribution >= 0.6 is 23.2 Å². The zero-order valence-corrected chi connectivity index (χ0v) is 14.5. The van der Waals surface area contributed by atoms with E-state index in [-0.39, 0.29) is 0 Å². The molecule has 2 rings (SSSR count). The monoisotopic (exact) mass is 354 g/mol. The Labute approximate surface area is 146 Å². The van der Waals surface area contributed by atoms with Crippen molar-refractivity contribution in [3.63, 3.8) is 0 Å². The second-order valence-corrected chi connectivity index (χ2v) is 5.80. The summed E-state index contributed by atoms with van der Waals surface area (Å²) in [4.78, 5) is 4.46. The SMILES string of the molecule is CCNC(=NCc1ccon1)NCCCc1ccc(Cl)cc1Cl.